The first-order chi connectivity index (χ1) is 9.51. The summed E-state index contributed by atoms with van der Waals surface area (Å²) in [7, 11) is 3.14. The topological polar surface area (TPSA) is 78.9 Å². The number of ether oxygens (including phenoxy) is 1. The lowest BCUT2D eigenvalue weighted by Gasteiger charge is -2.18. The molecule has 2 N–H and O–H groups in total. The Labute approximate surface area is 117 Å². The van der Waals surface area contributed by atoms with E-state index in [0.29, 0.717) is 11.6 Å². The van der Waals surface area contributed by atoms with Crippen molar-refractivity contribution in [1.82, 2.24) is 4.90 Å². The lowest BCUT2D eigenvalue weighted by molar-refractivity contribution is 0.0693. The summed E-state index contributed by atoms with van der Waals surface area (Å²) in [5.74, 6) is -0.222. The number of nitrogens with one attached hydrogen (secondary N) is 1. The second-order valence-corrected chi connectivity index (χ2v) is 4.97. The normalized spacial score (nSPS) is 13.7. The summed E-state index contributed by atoms with van der Waals surface area (Å²) in [5, 5.41) is 11.7. The van der Waals surface area contributed by atoms with Crippen molar-refractivity contribution in [3.8, 4) is 5.75 Å². The number of rotatable bonds is 5. The minimum atomic E-state index is -1.06. The second-order valence-electron chi connectivity index (χ2n) is 4.97. The summed E-state index contributed by atoms with van der Waals surface area (Å²) in [5.41, 5.74) is 0.580. The predicted octanol–water partition coefficient (Wildman–Crippen LogP) is 2.27. The predicted molar refractivity (Wildman–Crippen MR) is 74.3 cm³/mol. The van der Waals surface area contributed by atoms with Crippen molar-refractivity contribution in [2.24, 2.45) is 5.92 Å². The molecule has 0 saturated heterocycles. The van der Waals surface area contributed by atoms with Crippen molar-refractivity contribution in [2.75, 3.05) is 26.0 Å². The summed E-state index contributed by atoms with van der Waals surface area (Å²) in [6.07, 6.45) is 2.36. The van der Waals surface area contributed by atoms with Gasteiger partial charge in [0.05, 0.1) is 7.11 Å². The van der Waals surface area contributed by atoms with Crippen molar-refractivity contribution in [3.63, 3.8) is 0 Å². The third-order valence-electron chi connectivity index (χ3n) is 3.26. The van der Waals surface area contributed by atoms with Gasteiger partial charge < -0.3 is 20.1 Å². The molecule has 6 nitrogen and oxygen atoms in total. The molecule has 1 fully saturated rings. The first-order valence-electron chi connectivity index (χ1n) is 6.44. The van der Waals surface area contributed by atoms with Gasteiger partial charge in [0.15, 0.2) is 0 Å². The maximum absolute atomic E-state index is 12.0. The lowest BCUT2D eigenvalue weighted by atomic mass is 10.2. The number of urea groups is 1. The summed E-state index contributed by atoms with van der Waals surface area (Å²) < 4.78 is 5.02. The van der Waals surface area contributed by atoms with E-state index >= 15 is 0 Å². The van der Waals surface area contributed by atoms with Gasteiger partial charge in [-0.2, -0.15) is 0 Å². The number of hydrogen-bond donors (Lipinski definition) is 2. The molecule has 1 aromatic rings. The number of methoxy groups -OCH3 is 1. The van der Waals surface area contributed by atoms with E-state index in [0.717, 1.165) is 6.54 Å². The van der Waals surface area contributed by atoms with E-state index in [9.17, 15) is 9.59 Å². The number of amides is 2. The zero-order valence-electron chi connectivity index (χ0n) is 11.5. The summed E-state index contributed by atoms with van der Waals surface area (Å²) in [4.78, 5) is 24.6. The largest absolute Gasteiger partial charge is 0.496 e. The molecule has 108 valence electrons. The average molecular weight is 278 g/mol. The molecule has 20 heavy (non-hydrogen) atoms. The third kappa shape index (κ3) is 3.40. The molecule has 0 radical (unpaired) electrons. The van der Waals surface area contributed by atoms with Crippen molar-refractivity contribution in [2.45, 2.75) is 12.8 Å². The van der Waals surface area contributed by atoms with Crippen molar-refractivity contribution < 1.29 is 19.4 Å². The molecule has 0 unspecified atom stereocenters. The van der Waals surface area contributed by atoms with Gasteiger partial charge in [0.1, 0.15) is 11.3 Å². The number of carbonyl (C=O) groups is 2. The van der Waals surface area contributed by atoms with Crippen LogP contribution in [0, 0.1) is 5.92 Å². The van der Waals surface area contributed by atoms with Crippen molar-refractivity contribution in [3.05, 3.63) is 23.8 Å². The Morgan fingerprint density at radius 3 is 2.70 bits per heavy atom. The molecule has 0 spiro atoms. The van der Waals surface area contributed by atoms with Crippen molar-refractivity contribution in [1.29, 1.82) is 0 Å². The summed E-state index contributed by atoms with van der Waals surface area (Å²) in [6, 6.07) is 4.26. The molecule has 2 rings (SSSR count). The molecule has 1 saturated carbocycles. The van der Waals surface area contributed by atoms with Crippen LogP contribution in [-0.2, 0) is 0 Å². The van der Waals surface area contributed by atoms with Gasteiger partial charge in [0.25, 0.3) is 0 Å². The number of hydrogen-bond acceptors (Lipinski definition) is 3. The van der Waals surface area contributed by atoms with Gasteiger partial charge in [-0.15, -0.1) is 0 Å². The van der Waals surface area contributed by atoms with Gasteiger partial charge in [-0.3, -0.25) is 0 Å². The van der Waals surface area contributed by atoms with Gasteiger partial charge in [-0.05, 0) is 30.9 Å². The van der Waals surface area contributed by atoms with Crippen LogP contribution in [0.1, 0.15) is 23.2 Å². The molecule has 2 amide bonds. The fourth-order valence-electron chi connectivity index (χ4n) is 1.94. The highest BCUT2D eigenvalue weighted by Gasteiger charge is 2.24. The second kappa shape index (κ2) is 5.81. The molecular formula is C14H18N2O4. The van der Waals surface area contributed by atoms with E-state index in [4.69, 9.17) is 9.84 Å². The Balaban J connectivity index is 2.04. The maximum atomic E-state index is 12.0. The number of carbonyl (C=O) groups excluding carboxylic acids is 1. The zero-order valence-corrected chi connectivity index (χ0v) is 11.5. The highest BCUT2D eigenvalue weighted by Crippen LogP contribution is 2.29. The zero-order chi connectivity index (χ0) is 14.7. The molecule has 0 atom stereocenters. The molecular weight excluding hydrogens is 260 g/mol. The Bertz CT molecular complexity index is 526. The number of benzene rings is 1. The number of aromatic carboxylic acids is 1. The van der Waals surface area contributed by atoms with Crippen LogP contribution in [-0.4, -0.2) is 42.7 Å². The molecule has 6 heteroatoms. The number of anilines is 1. The van der Waals surface area contributed by atoms with Crippen LogP contribution >= 0.6 is 0 Å². The fourth-order valence-corrected chi connectivity index (χ4v) is 1.94. The first-order valence-corrected chi connectivity index (χ1v) is 6.44. The van der Waals surface area contributed by atoms with E-state index in [-0.39, 0.29) is 17.3 Å². The van der Waals surface area contributed by atoms with E-state index in [2.05, 4.69) is 5.32 Å². The fraction of sp³-hybridized carbons (Fsp3) is 0.429. The lowest BCUT2D eigenvalue weighted by Crippen LogP contribution is -2.32. The van der Waals surface area contributed by atoms with Crippen LogP contribution in [0.3, 0.4) is 0 Å². The highest BCUT2D eigenvalue weighted by molar-refractivity contribution is 5.94. The molecule has 0 heterocycles. The minimum absolute atomic E-state index is 0.0665. The Hall–Kier alpha value is -2.24. The SMILES string of the molecule is COc1cc(NC(=O)N(C)CC2CC2)ccc1C(=O)O. The van der Waals surface area contributed by atoms with Crippen LogP contribution in [0.4, 0.5) is 10.5 Å². The minimum Gasteiger partial charge on any atom is -0.496 e. The molecule has 0 aliphatic heterocycles. The Morgan fingerprint density at radius 1 is 1.45 bits per heavy atom. The molecule has 0 aromatic heterocycles. The highest BCUT2D eigenvalue weighted by atomic mass is 16.5. The Kier molecular flexibility index (Phi) is 4.12. The van der Waals surface area contributed by atoms with Gasteiger partial charge in [0.2, 0.25) is 0 Å². The molecule has 1 aliphatic rings. The van der Waals surface area contributed by atoms with Crippen molar-refractivity contribution >= 4 is 17.7 Å². The number of carboxylic acids is 1. The van der Waals surface area contributed by atoms with E-state index in [1.54, 1.807) is 18.0 Å². The monoisotopic (exact) mass is 278 g/mol. The van der Waals surface area contributed by atoms with E-state index in [1.165, 1.54) is 32.1 Å². The van der Waals surface area contributed by atoms with Crippen LogP contribution in [0.2, 0.25) is 0 Å². The summed E-state index contributed by atoms with van der Waals surface area (Å²) >= 11 is 0. The number of carboxylic acid groups (broad SMARTS) is 1. The van der Waals surface area contributed by atoms with E-state index < -0.39 is 5.97 Å². The van der Waals surface area contributed by atoms with Gasteiger partial charge in [-0.25, -0.2) is 9.59 Å². The third-order valence-corrected chi connectivity index (χ3v) is 3.26. The average Bonchev–Trinajstić information content (AvgIpc) is 3.22. The maximum Gasteiger partial charge on any atom is 0.339 e. The van der Waals surface area contributed by atoms with Crippen LogP contribution in [0.5, 0.6) is 5.75 Å². The molecule has 0 bridgehead atoms. The quantitative estimate of drug-likeness (QED) is 0.866. The number of nitrogens with zero attached hydrogens (tertiary/aromatic N) is 1. The van der Waals surface area contributed by atoms with Gasteiger partial charge in [-0.1, -0.05) is 0 Å². The first kappa shape index (κ1) is 14.2. The van der Waals surface area contributed by atoms with Crippen LogP contribution in [0.15, 0.2) is 18.2 Å². The molecule has 1 aliphatic carbocycles. The van der Waals surface area contributed by atoms with Gasteiger partial charge >= 0.3 is 12.0 Å². The standard InChI is InChI=1S/C14H18N2O4/c1-16(8-9-3-4-9)14(19)15-10-5-6-11(13(17)18)12(7-10)20-2/h5-7,9H,3-4,8H2,1-2H3,(H,15,19)(H,17,18). The van der Waals surface area contributed by atoms with E-state index in [1.807, 2.05) is 0 Å². The Morgan fingerprint density at radius 2 is 2.15 bits per heavy atom. The van der Waals surface area contributed by atoms with Crippen LogP contribution < -0.4 is 10.1 Å². The van der Waals surface area contributed by atoms with Gasteiger partial charge in [0, 0.05) is 25.3 Å². The smallest absolute Gasteiger partial charge is 0.339 e. The summed E-state index contributed by atoms with van der Waals surface area (Å²) in [6.45, 7) is 0.746. The molecule has 1 aromatic carbocycles. The van der Waals surface area contributed by atoms with Crippen LogP contribution in [0.25, 0.3) is 0 Å².